The highest BCUT2D eigenvalue weighted by Gasteiger charge is 2.29. The van der Waals surface area contributed by atoms with Crippen molar-refractivity contribution in [2.75, 3.05) is 30.4 Å². The van der Waals surface area contributed by atoms with Crippen LogP contribution in [0.25, 0.3) is 0 Å². The van der Waals surface area contributed by atoms with E-state index < -0.39 is 6.10 Å². The van der Waals surface area contributed by atoms with Crippen LogP contribution in [0.5, 0.6) is 0 Å². The van der Waals surface area contributed by atoms with Gasteiger partial charge in [-0.25, -0.2) is 0 Å². The Morgan fingerprint density at radius 2 is 2.10 bits per heavy atom. The summed E-state index contributed by atoms with van der Waals surface area (Å²) in [7, 11) is 1.98. The first-order chi connectivity index (χ1) is 9.54. The lowest BCUT2D eigenvalue weighted by molar-refractivity contribution is -0.123. The predicted octanol–water partition coefficient (Wildman–Crippen LogP) is 2.03. The Morgan fingerprint density at radius 1 is 1.35 bits per heavy atom. The Morgan fingerprint density at radius 3 is 2.80 bits per heavy atom. The molecule has 0 saturated carbocycles. The first-order valence-electron chi connectivity index (χ1n) is 6.69. The van der Waals surface area contributed by atoms with Gasteiger partial charge in [-0.15, -0.1) is 0 Å². The zero-order valence-electron chi connectivity index (χ0n) is 11.4. The highest BCUT2D eigenvalue weighted by molar-refractivity contribution is 9.10. The van der Waals surface area contributed by atoms with Crippen LogP contribution in [0, 0.1) is 0 Å². The summed E-state index contributed by atoms with van der Waals surface area (Å²) in [5.41, 5.74) is 2.25. The van der Waals surface area contributed by atoms with Gasteiger partial charge < -0.3 is 20.4 Å². The van der Waals surface area contributed by atoms with Crippen LogP contribution in [0.4, 0.5) is 11.4 Å². The zero-order valence-corrected chi connectivity index (χ0v) is 13.0. The predicted molar refractivity (Wildman–Crippen MR) is 81.9 cm³/mol. The molecule has 20 heavy (non-hydrogen) atoms. The third kappa shape index (κ3) is 3.13. The van der Waals surface area contributed by atoms with Crippen molar-refractivity contribution < 1.29 is 15.0 Å². The van der Waals surface area contributed by atoms with Crippen molar-refractivity contribution in [1.29, 1.82) is 0 Å². The first kappa shape index (κ1) is 15.3. The third-order valence-electron chi connectivity index (χ3n) is 3.48. The maximum atomic E-state index is 11.5. The molecule has 0 radical (unpaired) electrons. The molecule has 1 aromatic rings. The van der Waals surface area contributed by atoms with Crippen LogP contribution >= 0.6 is 15.9 Å². The van der Waals surface area contributed by atoms with Crippen molar-refractivity contribution in [1.82, 2.24) is 0 Å². The van der Waals surface area contributed by atoms with E-state index in [0.29, 0.717) is 11.3 Å². The number of carbonyl (C=O) groups excluding carboxylic acids is 1. The standard InChI is InChI=1S/C14H19BrN2O3/c1-17(5-3-2-4-6-18)12-8-11-9(7-10(12)15)13(19)14(20)16-11/h7-8,13,18-19H,2-6H2,1H3,(H,16,20). The summed E-state index contributed by atoms with van der Waals surface area (Å²) in [6.07, 6.45) is 1.72. The van der Waals surface area contributed by atoms with Crippen molar-refractivity contribution in [2.24, 2.45) is 0 Å². The van der Waals surface area contributed by atoms with Crippen molar-refractivity contribution in [2.45, 2.75) is 25.4 Å². The van der Waals surface area contributed by atoms with E-state index in [2.05, 4.69) is 26.1 Å². The molecule has 0 spiro atoms. The molecule has 0 saturated heterocycles. The maximum Gasteiger partial charge on any atom is 0.257 e. The van der Waals surface area contributed by atoms with Crippen LogP contribution in [0.2, 0.25) is 0 Å². The number of aliphatic hydroxyl groups is 2. The van der Waals surface area contributed by atoms with Gasteiger partial charge >= 0.3 is 0 Å². The van der Waals surface area contributed by atoms with Gasteiger partial charge in [0.25, 0.3) is 5.91 Å². The minimum Gasteiger partial charge on any atom is -0.396 e. The molecule has 0 aromatic heterocycles. The van der Waals surface area contributed by atoms with Crippen molar-refractivity contribution in [3.8, 4) is 0 Å². The number of unbranched alkanes of at least 4 members (excludes halogenated alkanes) is 2. The SMILES string of the molecule is CN(CCCCCO)c1cc2c(cc1Br)C(O)C(=O)N2. The molecule has 1 aliphatic heterocycles. The normalized spacial score (nSPS) is 17.0. The van der Waals surface area contributed by atoms with E-state index in [1.807, 2.05) is 13.1 Å². The molecular formula is C14H19BrN2O3. The van der Waals surface area contributed by atoms with Crippen LogP contribution in [0.15, 0.2) is 16.6 Å². The van der Waals surface area contributed by atoms with Crippen molar-refractivity contribution >= 4 is 33.2 Å². The van der Waals surface area contributed by atoms with Crippen molar-refractivity contribution in [3.05, 3.63) is 22.2 Å². The van der Waals surface area contributed by atoms with E-state index in [0.717, 1.165) is 36.0 Å². The number of aliphatic hydroxyl groups excluding tert-OH is 2. The van der Waals surface area contributed by atoms with Crippen LogP contribution in [0.3, 0.4) is 0 Å². The van der Waals surface area contributed by atoms with Gasteiger partial charge in [-0.2, -0.15) is 0 Å². The minimum absolute atomic E-state index is 0.232. The molecule has 110 valence electrons. The largest absolute Gasteiger partial charge is 0.396 e. The van der Waals surface area contributed by atoms with Gasteiger partial charge in [0.2, 0.25) is 0 Å². The molecule has 0 bridgehead atoms. The number of hydrogen-bond acceptors (Lipinski definition) is 4. The highest BCUT2D eigenvalue weighted by Crippen LogP contribution is 2.38. The molecule has 1 aliphatic rings. The van der Waals surface area contributed by atoms with Gasteiger partial charge in [-0.1, -0.05) is 0 Å². The van der Waals surface area contributed by atoms with Crippen molar-refractivity contribution in [3.63, 3.8) is 0 Å². The lowest BCUT2D eigenvalue weighted by atomic mass is 10.1. The topological polar surface area (TPSA) is 72.8 Å². The fourth-order valence-corrected chi connectivity index (χ4v) is 2.97. The Bertz CT molecular complexity index is 507. The zero-order chi connectivity index (χ0) is 14.7. The molecule has 1 unspecified atom stereocenters. The Hall–Kier alpha value is -1.11. The summed E-state index contributed by atoms with van der Waals surface area (Å²) in [4.78, 5) is 13.5. The van der Waals surface area contributed by atoms with Crippen LogP contribution in [-0.4, -0.2) is 36.3 Å². The summed E-state index contributed by atoms with van der Waals surface area (Å²) in [5, 5.41) is 21.2. The molecule has 0 fully saturated rings. The number of rotatable bonds is 6. The molecule has 1 heterocycles. The van der Waals surface area contributed by atoms with Gasteiger partial charge in [0, 0.05) is 35.9 Å². The number of anilines is 2. The van der Waals surface area contributed by atoms with E-state index in [1.54, 1.807) is 6.07 Å². The van der Waals surface area contributed by atoms with Gasteiger partial charge in [-0.3, -0.25) is 4.79 Å². The van der Waals surface area contributed by atoms with Crippen LogP contribution in [0.1, 0.15) is 30.9 Å². The van der Waals surface area contributed by atoms with E-state index >= 15 is 0 Å². The van der Waals surface area contributed by atoms with Gasteiger partial charge in [-0.05, 0) is 47.3 Å². The van der Waals surface area contributed by atoms with E-state index in [-0.39, 0.29) is 12.5 Å². The summed E-state index contributed by atoms with van der Waals surface area (Å²) in [5.74, 6) is -0.380. The molecule has 1 aromatic carbocycles. The number of nitrogens with one attached hydrogen (secondary N) is 1. The van der Waals surface area contributed by atoms with Gasteiger partial charge in [0.05, 0.1) is 5.69 Å². The quantitative estimate of drug-likeness (QED) is 0.691. The number of hydrogen-bond donors (Lipinski definition) is 3. The highest BCUT2D eigenvalue weighted by atomic mass is 79.9. The monoisotopic (exact) mass is 342 g/mol. The number of nitrogens with zero attached hydrogens (tertiary/aromatic N) is 1. The summed E-state index contributed by atoms with van der Waals surface area (Å²) < 4.78 is 0.858. The fourth-order valence-electron chi connectivity index (χ4n) is 2.30. The summed E-state index contributed by atoms with van der Waals surface area (Å²) in [6, 6.07) is 3.66. The molecule has 2 rings (SSSR count). The lowest BCUT2D eigenvalue weighted by Gasteiger charge is -2.21. The third-order valence-corrected chi connectivity index (χ3v) is 4.12. The average Bonchev–Trinajstić information content (AvgIpc) is 2.69. The summed E-state index contributed by atoms with van der Waals surface area (Å²) in [6.45, 7) is 1.10. The second-order valence-electron chi connectivity index (χ2n) is 4.99. The fraction of sp³-hybridized carbons (Fsp3) is 0.500. The number of amides is 1. The molecule has 3 N–H and O–H groups in total. The number of halogens is 1. The second-order valence-corrected chi connectivity index (χ2v) is 5.84. The Balaban J connectivity index is 2.09. The average molecular weight is 343 g/mol. The molecule has 1 atom stereocenters. The Labute approximate surface area is 126 Å². The van der Waals surface area contributed by atoms with Crippen LogP contribution in [-0.2, 0) is 4.79 Å². The van der Waals surface area contributed by atoms with Crippen LogP contribution < -0.4 is 10.2 Å². The maximum absolute atomic E-state index is 11.5. The lowest BCUT2D eigenvalue weighted by Crippen LogP contribution is -2.19. The number of fused-ring (bicyclic) bond motifs is 1. The summed E-state index contributed by atoms with van der Waals surface area (Å²) >= 11 is 3.49. The van der Waals surface area contributed by atoms with Gasteiger partial charge in [0.1, 0.15) is 0 Å². The Kier molecular flexibility index (Phi) is 5.01. The van der Waals surface area contributed by atoms with E-state index in [9.17, 15) is 9.90 Å². The molecule has 1 amide bonds. The molecule has 0 aliphatic carbocycles. The second kappa shape index (κ2) is 6.56. The minimum atomic E-state index is -1.08. The number of benzene rings is 1. The number of carbonyl (C=O) groups is 1. The van der Waals surface area contributed by atoms with E-state index in [1.165, 1.54) is 0 Å². The molecule has 6 heteroatoms. The van der Waals surface area contributed by atoms with E-state index in [4.69, 9.17) is 5.11 Å². The molecule has 5 nitrogen and oxygen atoms in total. The van der Waals surface area contributed by atoms with Gasteiger partial charge in [0.15, 0.2) is 6.10 Å². The molecular weight excluding hydrogens is 324 g/mol. The first-order valence-corrected chi connectivity index (χ1v) is 7.48. The smallest absolute Gasteiger partial charge is 0.257 e.